The Morgan fingerprint density at radius 2 is 1.88 bits per heavy atom. The molecule has 2 aliphatic rings. The van der Waals surface area contributed by atoms with Crippen molar-refractivity contribution in [3.05, 3.63) is 87.8 Å². The van der Waals surface area contributed by atoms with Gasteiger partial charge < -0.3 is 18.9 Å². The fourth-order valence-corrected chi connectivity index (χ4v) is 6.92. The molecule has 2 fully saturated rings. The average molecular weight is 558 g/mol. The normalized spacial score (nSPS) is 17.9. The summed E-state index contributed by atoms with van der Waals surface area (Å²) in [6.07, 6.45) is 4.80. The molecule has 8 heteroatoms. The number of ether oxygens (including phenoxy) is 2. The SMILES string of the molecule is CCOC1(c2cc3sc(N4CCC[C@@H]4C(=O)CCc4ccccc4)nc3c(=O)n2Cc2ccc(OC)cc2)CC1. The van der Waals surface area contributed by atoms with E-state index >= 15 is 0 Å². The lowest BCUT2D eigenvalue weighted by Crippen LogP contribution is -2.36. The van der Waals surface area contributed by atoms with Gasteiger partial charge in [0, 0.05) is 19.6 Å². The molecule has 3 heterocycles. The number of aryl methyl sites for hydroxylation is 1. The lowest BCUT2D eigenvalue weighted by atomic mass is 10.0. The summed E-state index contributed by atoms with van der Waals surface area (Å²) in [6, 6.07) is 19.9. The molecule has 0 amide bonds. The third kappa shape index (κ3) is 5.18. The van der Waals surface area contributed by atoms with Crippen LogP contribution in [0.3, 0.4) is 0 Å². The van der Waals surface area contributed by atoms with Crippen LogP contribution in [-0.2, 0) is 28.1 Å². The van der Waals surface area contributed by atoms with E-state index in [1.165, 1.54) is 16.9 Å². The number of thiazole rings is 1. The second kappa shape index (κ2) is 11.2. The van der Waals surface area contributed by atoms with E-state index in [2.05, 4.69) is 23.1 Å². The molecule has 1 aliphatic heterocycles. The van der Waals surface area contributed by atoms with Gasteiger partial charge in [-0.05, 0) is 68.4 Å². The molecule has 1 saturated heterocycles. The standard InChI is InChI=1S/C32H35N3O4S/c1-3-39-32(17-18-32)28-20-27-29(30(37)35(28)21-23-11-14-24(38-2)15-12-23)33-31(40-27)34-19-7-10-25(34)26(36)16-13-22-8-5-4-6-9-22/h4-6,8-9,11-12,14-15,20,25H,3,7,10,13,16-19,21H2,1-2H3/t25-/m1/s1. The van der Waals surface area contributed by atoms with Crippen molar-refractivity contribution in [3.8, 4) is 5.75 Å². The summed E-state index contributed by atoms with van der Waals surface area (Å²) >= 11 is 1.52. The topological polar surface area (TPSA) is 73.7 Å². The van der Waals surface area contributed by atoms with E-state index in [-0.39, 0.29) is 17.4 Å². The van der Waals surface area contributed by atoms with Crippen molar-refractivity contribution in [3.63, 3.8) is 0 Å². The van der Waals surface area contributed by atoms with Gasteiger partial charge in [-0.2, -0.15) is 0 Å². The smallest absolute Gasteiger partial charge is 0.278 e. The first-order valence-corrected chi connectivity index (χ1v) is 15.0. The quantitative estimate of drug-likeness (QED) is 0.235. The number of aromatic nitrogens is 2. The van der Waals surface area contributed by atoms with Crippen molar-refractivity contribution in [1.29, 1.82) is 0 Å². The molecule has 2 aromatic carbocycles. The number of carbonyl (C=O) groups excluding carboxylic acids is 1. The van der Waals surface area contributed by atoms with Crippen molar-refractivity contribution in [2.45, 2.75) is 63.6 Å². The Kier molecular flexibility index (Phi) is 7.47. The number of benzene rings is 2. The van der Waals surface area contributed by atoms with Gasteiger partial charge in [0.05, 0.1) is 30.1 Å². The third-order valence-corrected chi connectivity index (χ3v) is 9.15. The number of pyridine rings is 1. The van der Waals surface area contributed by atoms with Crippen LogP contribution in [0.1, 0.15) is 55.8 Å². The number of carbonyl (C=O) groups is 1. The number of anilines is 1. The minimum Gasteiger partial charge on any atom is -0.497 e. The number of Topliss-reactive ketones (excluding diaryl/α,β-unsaturated/α-hetero) is 1. The zero-order valence-electron chi connectivity index (χ0n) is 23.1. The second-order valence-corrected chi connectivity index (χ2v) is 11.7. The van der Waals surface area contributed by atoms with E-state index < -0.39 is 5.60 Å². The van der Waals surface area contributed by atoms with Gasteiger partial charge in [-0.1, -0.05) is 53.8 Å². The molecule has 4 aromatic rings. The van der Waals surface area contributed by atoms with Gasteiger partial charge in [-0.3, -0.25) is 9.59 Å². The highest BCUT2D eigenvalue weighted by Gasteiger charge is 2.48. The number of methoxy groups -OCH3 is 1. The molecule has 0 unspecified atom stereocenters. The highest BCUT2D eigenvalue weighted by Crippen LogP contribution is 2.50. The van der Waals surface area contributed by atoms with Crippen molar-refractivity contribution in [2.75, 3.05) is 25.2 Å². The molecular weight excluding hydrogens is 522 g/mol. The van der Waals surface area contributed by atoms with Gasteiger partial charge in [0.1, 0.15) is 16.9 Å². The van der Waals surface area contributed by atoms with E-state index in [0.717, 1.165) is 65.5 Å². The summed E-state index contributed by atoms with van der Waals surface area (Å²) in [4.78, 5) is 34.3. The first-order valence-electron chi connectivity index (χ1n) is 14.2. The van der Waals surface area contributed by atoms with Crippen LogP contribution in [0.4, 0.5) is 5.13 Å². The maximum atomic E-state index is 14.0. The monoisotopic (exact) mass is 557 g/mol. The van der Waals surface area contributed by atoms with E-state index in [9.17, 15) is 9.59 Å². The molecule has 1 saturated carbocycles. The highest BCUT2D eigenvalue weighted by atomic mass is 32.1. The average Bonchev–Trinajstić information content (AvgIpc) is 3.39. The molecule has 7 nitrogen and oxygen atoms in total. The Morgan fingerprint density at radius 3 is 2.58 bits per heavy atom. The minimum atomic E-state index is -0.428. The minimum absolute atomic E-state index is 0.108. The van der Waals surface area contributed by atoms with Gasteiger partial charge in [-0.25, -0.2) is 4.98 Å². The van der Waals surface area contributed by atoms with Crippen LogP contribution in [0, 0.1) is 0 Å². The molecule has 0 spiro atoms. The summed E-state index contributed by atoms with van der Waals surface area (Å²) in [6.45, 7) is 3.79. The number of nitrogens with zero attached hydrogens (tertiary/aromatic N) is 3. The Labute approximate surface area is 238 Å². The van der Waals surface area contributed by atoms with Gasteiger partial charge in [0.25, 0.3) is 5.56 Å². The van der Waals surface area contributed by atoms with Gasteiger partial charge in [-0.15, -0.1) is 0 Å². The molecule has 40 heavy (non-hydrogen) atoms. The molecule has 0 N–H and O–H groups in total. The third-order valence-electron chi connectivity index (χ3n) is 8.11. The number of hydrogen-bond donors (Lipinski definition) is 0. The first kappa shape index (κ1) is 26.7. The van der Waals surface area contributed by atoms with Crippen LogP contribution < -0.4 is 15.2 Å². The summed E-state index contributed by atoms with van der Waals surface area (Å²) in [7, 11) is 1.64. The molecule has 0 radical (unpaired) electrons. The van der Waals surface area contributed by atoms with Crippen molar-refractivity contribution < 1.29 is 14.3 Å². The van der Waals surface area contributed by atoms with Crippen LogP contribution in [0.25, 0.3) is 10.2 Å². The van der Waals surface area contributed by atoms with Crippen LogP contribution >= 0.6 is 11.3 Å². The fourth-order valence-electron chi connectivity index (χ4n) is 5.85. The molecule has 2 aromatic heterocycles. The Morgan fingerprint density at radius 1 is 1.10 bits per heavy atom. The summed E-state index contributed by atoms with van der Waals surface area (Å²) < 4.78 is 14.2. The number of hydrogen-bond acceptors (Lipinski definition) is 7. The van der Waals surface area contributed by atoms with Gasteiger partial charge in [0.2, 0.25) is 0 Å². The second-order valence-electron chi connectivity index (χ2n) is 10.7. The zero-order chi connectivity index (χ0) is 27.7. The van der Waals surface area contributed by atoms with E-state index in [0.29, 0.717) is 25.1 Å². The van der Waals surface area contributed by atoms with Crippen LogP contribution in [-0.4, -0.2) is 41.6 Å². The fraction of sp³-hybridized carbons (Fsp3) is 0.406. The molecule has 6 rings (SSSR count). The zero-order valence-corrected chi connectivity index (χ0v) is 23.9. The largest absolute Gasteiger partial charge is 0.497 e. The van der Waals surface area contributed by atoms with Crippen LogP contribution in [0.2, 0.25) is 0 Å². The number of fused-ring (bicyclic) bond motifs is 1. The molecular formula is C32H35N3O4S. The first-order chi connectivity index (χ1) is 19.5. The Balaban J connectivity index is 1.32. The Hall–Kier alpha value is -3.49. The maximum Gasteiger partial charge on any atom is 0.278 e. The van der Waals surface area contributed by atoms with E-state index in [1.54, 1.807) is 7.11 Å². The lowest BCUT2D eigenvalue weighted by molar-refractivity contribution is -0.120. The highest BCUT2D eigenvalue weighted by molar-refractivity contribution is 7.22. The van der Waals surface area contributed by atoms with Crippen LogP contribution in [0.15, 0.2) is 65.5 Å². The lowest BCUT2D eigenvalue weighted by Gasteiger charge is -2.22. The summed E-state index contributed by atoms with van der Waals surface area (Å²) in [5, 5.41) is 0.761. The van der Waals surface area contributed by atoms with Crippen molar-refractivity contribution in [2.24, 2.45) is 0 Å². The molecule has 1 aliphatic carbocycles. The predicted molar refractivity (Wildman–Crippen MR) is 159 cm³/mol. The predicted octanol–water partition coefficient (Wildman–Crippen LogP) is 5.71. The Bertz CT molecular complexity index is 1560. The summed E-state index contributed by atoms with van der Waals surface area (Å²) in [5.41, 5.74) is 3.02. The number of ketones is 1. The van der Waals surface area contributed by atoms with Gasteiger partial charge in [0.15, 0.2) is 10.9 Å². The summed E-state index contributed by atoms with van der Waals surface area (Å²) in [5.74, 6) is 1.02. The van der Waals surface area contributed by atoms with Crippen LogP contribution in [0.5, 0.6) is 5.75 Å². The van der Waals surface area contributed by atoms with E-state index in [4.69, 9.17) is 14.5 Å². The molecule has 0 bridgehead atoms. The van der Waals surface area contributed by atoms with Crippen molar-refractivity contribution >= 4 is 32.5 Å². The molecule has 1 atom stereocenters. The number of rotatable bonds is 11. The van der Waals surface area contributed by atoms with Gasteiger partial charge >= 0.3 is 0 Å². The van der Waals surface area contributed by atoms with Crippen molar-refractivity contribution in [1.82, 2.24) is 9.55 Å². The maximum absolute atomic E-state index is 14.0. The molecule has 208 valence electrons. The van der Waals surface area contributed by atoms with E-state index in [1.807, 2.05) is 54.0 Å².